The molecule has 1 aliphatic heterocycles. The van der Waals surface area contributed by atoms with Gasteiger partial charge in [0.25, 0.3) is 0 Å². The van der Waals surface area contributed by atoms with Crippen LogP contribution < -0.4 is 10.6 Å². The summed E-state index contributed by atoms with van der Waals surface area (Å²) in [4.78, 5) is 12.2. The predicted molar refractivity (Wildman–Crippen MR) is 76.9 cm³/mol. The van der Waals surface area contributed by atoms with Crippen LogP contribution in [0.3, 0.4) is 0 Å². The van der Waals surface area contributed by atoms with E-state index in [0.717, 1.165) is 6.54 Å². The lowest BCUT2D eigenvalue weighted by molar-refractivity contribution is -0.120. The monoisotopic (exact) mass is 302 g/mol. The number of anilines is 1. The van der Waals surface area contributed by atoms with Gasteiger partial charge in [-0.3, -0.25) is 4.79 Å². The lowest BCUT2D eigenvalue weighted by Gasteiger charge is -2.18. The number of hydrogen-bond donors (Lipinski definition) is 2. The van der Waals surface area contributed by atoms with Gasteiger partial charge in [-0.05, 0) is 18.7 Å². The summed E-state index contributed by atoms with van der Waals surface area (Å²) in [7, 11) is 0. The summed E-state index contributed by atoms with van der Waals surface area (Å²) in [5.74, 6) is -0.317. The third-order valence-electron chi connectivity index (χ3n) is 3.09. The summed E-state index contributed by atoms with van der Waals surface area (Å²) in [5.41, 5.74) is 0.529. The van der Waals surface area contributed by atoms with E-state index in [1.165, 1.54) is 0 Å². The van der Waals surface area contributed by atoms with Crippen LogP contribution in [0.15, 0.2) is 18.2 Å². The maximum Gasteiger partial charge on any atom is 0.231 e. The highest BCUT2D eigenvalue weighted by Gasteiger charge is 2.33. The van der Waals surface area contributed by atoms with Crippen LogP contribution in [0.25, 0.3) is 0 Å². The van der Waals surface area contributed by atoms with Crippen molar-refractivity contribution in [2.24, 2.45) is 5.92 Å². The summed E-state index contributed by atoms with van der Waals surface area (Å²) >= 11 is 12.0. The molecule has 1 saturated heterocycles. The molecule has 19 heavy (non-hydrogen) atoms. The molecule has 0 aliphatic carbocycles. The molecule has 1 amide bonds. The normalized spacial score (nSPS) is 22.5. The minimum absolute atomic E-state index is 0.0444. The van der Waals surface area contributed by atoms with E-state index in [2.05, 4.69) is 10.6 Å². The Morgan fingerprint density at radius 1 is 1.42 bits per heavy atom. The molecule has 0 saturated carbocycles. The first-order valence-electron chi connectivity index (χ1n) is 6.19. The first-order valence-corrected chi connectivity index (χ1v) is 6.95. The van der Waals surface area contributed by atoms with Crippen LogP contribution in [-0.4, -0.2) is 31.7 Å². The van der Waals surface area contributed by atoms with Gasteiger partial charge in [0.2, 0.25) is 5.91 Å². The van der Waals surface area contributed by atoms with Crippen LogP contribution in [0, 0.1) is 5.92 Å². The topological polar surface area (TPSA) is 50.4 Å². The number of nitrogens with one attached hydrogen (secondary N) is 2. The zero-order chi connectivity index (χ0) is 13.8. The van der Waals surface area contributed by atoms with Gasteiger partial charge in [0.1, 0.15) is 0 Å². The lowest BCUT2D eigenvalue weighted by Crippen LogP contribution is -2.41. The van der Waals surface area contributed by atoms with Crippen LogP contribution in [0.4, 0.5) is 5.69 Å². The van der Waals surface area contributed by atoms with Gasteiger partial charge in [-0.1, -0.05) is 36.2 Å². The first-order chi connectivity index (χ1) is 9.13. The molecule has 6 heteroatoms. The second-order valence-corrected chi connectivity index (χ2v) is 5.18. The van der Waals surface area contributed by atoms with Gasteiger partial charge >= 0.3 is 0 Å². The number of benzene rings is 1. The fourth-order valence-electron chi connectivity index (χ4n) is 2.10. The Balaban J connectivity index is 2.06. The van der Waals surface area contributed by atoms with Gasteiger partial charge in [0.05, 0.1) is 34.9 Å². The third kappa shape index (κ3) is 3.39. The molecule has 1 aromatic carbocycles. The molecule has 0 aromatic heterocycles. The van der Waals surface area contributed by atoms with Crippen LogP contribution >= 0.6 is 23.2 Å². The number of carbonyl (C=O) groups excluding carboxylic acids is 1. The number of rotatable bonds is 4. The molecule has 1 fully saturated rings. The van der Waals surface area contributed by atoms with Gasteiger partial charge in [0, 0.05) is 6.04 Å². The molecular weight excluding hydrogens is 287 g/mol. The summed E-state index contributed by atoms with van der Waals surface area (Å²) in [6.07, 6.45) is 0. The number of likely N-dealkylation sites (N-methyl/N-ethyl adjacent to an activating group) is 1. The van der Waals surface area contributed by atoms with Crippen molar-refractivity contribution in [3.63, 3.8) is 0 Å². The third-order valence-corrected chi connectivity index (χ3v) is 3.91. The van der Waals surface area contributed by atoms with E-state index < -0.39 is 0 Å². The van der Waals surface area contributed by atoms with Crippen molar-refractivity contribution in [3.8, 4) is 0 Å². The summed E-state index contributed by atoms with van der Waals surface area (Å²) in [6.45, 7) is 3.77. The Bertz CT molecular complexity index is 468. The molecule has 4 nitrogen and oxygen atoms in total. The Morgan fingerprint density at radius 2 is 2.21 bits per heavy atom. The molecule has 1 aliphatic rings. The standard InChI is InChI=1S/C13H16Cl2N2O2/c1-2-16-11-7-19-6-8(11)13(18)17-10-5-3-4-9(14)12(10)15/h3-5,8,11,16H,2,6-7H2,1H3,(H,17,18). The first kappa shape index (κ1) is 14.6. The maximum absolute atomic E-state index is 12.2. The van der Waals surface area contributed by atoms with Crippen molar-refractivity contribution in [1.29, 1.82) is 0 Å². The highest BCUT2D eigenvalue weighted by atomic mass is 35.5. The van der Waals surface area contributed by atoms with E-state index in [9.17, 15) is 4.79 Å². The van der Waals surface area contributed by atoms with Crippen molar-refractivity contribution < 1.29 is 9.53 Å². The van der Waals surface area contributed by atoms with Crippen molar-refractivity contribution in [1.82, 2.24) is 5.32 Å². The number of carbonyl (C=O) groups is 1. The average molecular weight is 303 g/mol. The minimum atomic E-state index is -0.213. The highest BCUT2D eigenvalue weighted by molar-refractivity contribution is 6.44. The predicted octanol–water partition coefficient (Wildman–Crippen LogP) is 2.56. The van der Waals surface area contributed by atoms with E-state index in [0.29, 0.717) is 28.9 Å². The van der Waals surface area contributed by atoms with Crippen LogP contribution in [0.1, 0.15) is 6.92 Å². The van der Waals surface area contributed by atoms with Gasteiger partial charge in [0.15, 0.2) is 0 Å². The quantitative estimate of drug-likeness (QED) is 0.899. The van der Waals surface area contributed by atoms with E-state index in [1.54, 1.807) is 18.2 Å². The number of hydrogen-bond acceptors (Lipinski definition) is 3. The Hall–Kier alpha value is -0.810. The molecular formula is C13H16Cl2N2O2. The Kier molecular flexibility index (Phi) is 5.05. The van der Waals surface area contributed by atoms with Crippen molar-refractivity contribution >= 4 is 34.8 Å². The van der Waals surface area contributed by atoms with Gasteiger partial charge in [-0.2, -0.15) is 0 Å². The zero-order valence-electron chi connectivity index (χ0n) is 10.6. The molecule has 1 aromatic rings. The SMILES string of the molecule is CCNC1COCC1C(=O)Nc1cccc(Cl)c1Cl. The molecule has 2 atom stereocenters. The van der Waals surface area contributed by atoms with E-state index in [-0.39, 0.29) is 17.9 Å². The molecule has 2 N–H and O–H groups in total. The molecule has 104 valence electrons. The fraction of sp³-hybridized carbons (Fsp3) is 0.462. The van der Waals surface area contributed by atoms with Gasteiger partial charge < -0.3 is 15.4 Å². The smallest absolute Gasteiger partial charge is 0.231 e. The molecule has 2 rings (SSSR count). The summed E-state index contributed by atoms with van der Waals surface area (Å²) < 4.78 is 5.35. The van der Waals surface area contributed by atoms with Crippen molar-refractivity contribution in [3.05, 3.63) is 28.2 Å². The van der Waals surface area contributed by atoms with Gasteiger partial charge in [-0.15, -0.1) is 0 Å². The average Bonchev–Trinajstić information content (AvgIpc) is 2.84. The van der Waals surface area contributed by atoms with Crippen LogP contribution in [-0.2, 0) is 9.53 Å². The highest BCUT2D eigenvalue weighted by Crippen LogP contribution is 2.30. The largest absolute Gasteiger partial charge is 0.379 e. The fourth-order valence-corrected chi connectivity index (χ4v) is 2.45. The molecule has 2 unspecified atom stereocenters. The summed E-state index contributed by atoms with van der Waals surface area (Å²) in [5, 5.41) is 6.83. The molecule has 1 heterocycles. The van der Waals surface area contributed by atoms with E-state index in [4.69, 9.17) is 27.9 Å². The van der Waals surface area contributed by atoms with E-state index >= 15 is 0 Å². The number of amides is 1. The summed E-state index contributed by atoms with van der Waals surface area (Å²) in [6, 6.07) is 5.20. The molecule has 0 radical (unpaired) electrons. The van der Waals surface area contributed by atoms with Crippen molar-refractivity contribution in [2.75, 3.05) is 25.1 Å². The lowest BCUT2D eigenvalue weighted by atomic mass is 10.0. The number of ether oxygens (including phenoxy) is 1. The Labute approximate surface area is 122 Å². The minimum Gasteiger partial charge on any atom is -0.379 e. The van der Waals surface area contributed by atoms with Crippen molar-refractivity contribution in [2.45, 2.75) is 13.0 Å². The molecule has 0 bridgehead atoms. The van der Waals surface area contributed by atoms with Crippen LogP contribution in [0.2, 0.25) is 10.0 Å². The zero-order valence-corrected chi connectivity index (χ0v) is 12.1. The maximum atomic E-state index is 12.2. The van der Waals surface area contributed by atoms with Crippen LogP contribution in [0.5, 0.6) is 0 Å². The van der Waals surface area contributed by atoms with E-state index in [1.807, 2.05) is 6.92 Å². The number of halogens is 2. The second kappa shape index (κ2) is 6.57. The van der Waals surface area contributed by atoms with Gasteiger partial charge in [-0.25, -0.2) is 0 Å². The Morgan fingerprint density at radius 3 is 2.95 bits per heavy atom. The molecule has 0 spiro atoms. The second-order valence-electron chi connectivity index (χ2n) is 4.40.